The molecule has 3 aromatic rings. The number of aromatic amines is 1. The number of aromatic nitrogens is 2. The maximum absolute atomic E-state index is 12.2. The van der Waals surface area contributed by atoms with Crippen LogP contribution in [0.4, 0.5) is 5.69 Å². The summed E-state index contributed by atoms with van der Waals surface area (Å²) in [5, 5.41) is 10.5. The molecule has 3 rings (SSSR count). The lowest BCUT2D eigenvalue weighted by molar-refractivity contribution is 0.414. The highest BCUT2D eigenvalue weighted by Gasteiger charge is 2.14. The monoisotopic (exact) mass is 429 g/mol. The van der Waals surface area contributed by atoms with E-state index in [1.807, 2.05) is 19.1 Å². The summed E-state index contributed by atoms with van der Waals surface area (Å²) in [6.45, 7) is 1.91. The van der Waals surface area contributed by atoms with Crippen LogP contribution in [0.15, 0.2) is 61.5 Å². The Labute approximate surface area is 162 Å². The van der Waals surface area contributed by atoms with Crippen molar-refractivity contribution in [1.82, 2.24) is 9.55 Å². The van der Waals surface area contributed by atoms with E-state index in [9.17, 15) is 14.7 Å². The molecule has 0 unspecified atom stereocenters. The Bertz CT molecular complexity index is 1130. The first-order valence-corrected chi connectivity index (χ1v) is 8.73. The molecule has 0 aliphatic carbocycles. The Kier molecular flexibility index (Phi) is 5.27. The van der Waals surface area contributed by atoms with E-state index in [4.69, 9.17) is 4.74 Å². The second-order valence-corrected chi connectivity index (χ2v) is 6.58. The van der Waals surface area contributed by atoms with Gasteiger partial charge in [0.05, 0.1) is 18.5 Å². The fourth-order valence-corrected chi connectivity index (χ4v) is 2.72. The smallest absolute Gasteiger partial charge is 0.335 e. The van der Waals surface area contributed by atoms with Gasteiger partial charge in [0.15, 0.2) is 0 Å². The lowest BCUT2D eigenvalue weighted by Crippen LogP contribution is -2.31. The van der Waals surface area contributed by atoms with Gasteiger partial charge in [-0.1, -0.05) is 15.9 Å². The molecule has 0 aliphatic heterocycles. The zero-order chi connectivity index (χ0) is 19.6. The highest BCUT2D eigenvalue weighted by atomic mass is 79.9. The average Bonchev–Trinajstić information content (AvgIpc) is 2.64. The second-order valence-electron chi connectivity index (χ2n) is 5.72. The third-order valence-electron chi connectivity index (χ3n) is 3.94. The van der Waals surface area contributed by atoms with Crippen molar-refractivity contribution in [2.75, 3.05) is 7.11 Å². The quantitative estimate of drug-likeness (QED) is 0.622. The SMILES string of the molecule is COc1ccc(-n2c(O)c(C=Nc3ccc(Br)c(C)c3)c(=O)[nH]c2=O)cc1. The van der Waals surface area contributed by atoms with Gasteiger partial charge in [-0.25, -0.2) is 9.36 Å². The van der Waals surface area contributed by atoms with Crippen molar-refractivity contribution in [2.45, 2.75) is 6.92 Å². The fraction of sp³-hybridized carbons (Fsp3) is 0.105. The van der Waals surface area contributed by atoms with Crippen LogP contribution in [0.1, 0.15) is 11.1 Å². The molecule has 0 spiro atoms. The van der Waals surface area contributed by atoms with Gasteiger partial charge < -0.3 is 9.84 Å². The van der Waals surface area contributed by atoms with Crippen molar-refractivity contribution in [2.24, 2.45) is 4.99 Å². The zero-order valence-corrected chi connectivity index (χ0v) is 16.1. The molecular weight excluding hydrogens is 414 g/mol. The van der Waals surface area contributed by atoms with Crippen LogP contribution >= 0.6 is 15.9 Å². The molecule has 0 aliphatic rings. The number of ether oxygens (including phenoxy) is 1. The summed E-state index contributed by atoms with van der Waals surface area (Å²) in [4.78, 5) is 30.8. The standard InChI is InChI=1S/C19H16BrN3O4/c1-11-9-12(3-8-16(11)20)21-10-15-17(24)22-19(26)23(18(15)25)13-4-6-14(27-2)7-5-13/h3-10,25H,1-2H3,(H,22,24,26). The molecule has 0 bridgehead atoms. The number of aliphatic imine (C=N–C) groups is 1. The van der Waals surface area contributed by atoms with Crippen molar-refractivity contribution >= 4 is 27.8 Å². The van der Waals surface area contributed by atoms with Gasteiger partial charge in [-0.3, -0.25) is 14.8 Å². The molecular formula is C19H16BrN3O4. The van der Waals surface area contributed by atoms with Crippen LogP contribution in [-0.2, 0) is 0 Å². The van der Waals surface area contributed by atoms with E-state index < -0.39 is 17.1 Å². The molecule has 0 saturated carbocycles. The van der Waals surface area contributed by atoms with E-state index in [0.717, 1.165) is 14.6 Å². The molecule has 0 amide bonds. The van der Waals surface area contributed by atoms with E-state index in [0.29, 0.717) is 17.1 Å². The average molecular weight is 430 g/mol. The Morgan fingerprint density at radius 1 is 1.19 bits per heavy atom. The molecule has 1 aromatic heterocycles. The molecule has 2 N–H and O–H groups in total. The van der Waals surface area contributed by atoms with Gasteiger partial charge >= 0.3 is 5.69 Å². The molecule has 1 heterocycles. The Morgan fingerprint density at radius 2 is 1.89 bits per heavy atom. The van der Waals surface area contributed by atoms with Gasteiger partial charge in [0.25, 0.3) is 5.56 Å². The number of hydrogen-bond acceptors (Lipinski definition) is 5. The van der Waals surface area contributed by atoms with E-state index in [1.165, 1.54) is 13.3 Å². The number of H-pyrrole nitrogens is 1. The second kappa shape index (κ2) is 7.63. The minimum absolute atomic E-state index is 0.119. The van der Waals surface area contributed by atoms with Crippen LogP contribution in [0.5, 0.6) is 11.6 Å². The van der Waals surface area contributed by atoms with Crippen molar-refractivity contribution in [3.63, 3.8) is 0 Å². The first-order chi connectivity index (χ1) is 12.9. The minimum Gasteiger partial charge on any atom is -0.497 e. The van der Waals surface area contributed by atoms with Crippen molar-refractivity contribution < 1.29 is 9.84 Å². The van der Waals surface area contributed by atoms with Crippen LogP contribution in [0, 0.1) is 6.92 Å². The van der Waals surface area contributed by atoms with E-state index in [2.05, 4.69) is 25.9 Å². The number of halogens is 1. The van der Waals surface area contributed by atoms with Crippen molar-refractivity contribution in [1.29, 1.82) is 0 Å². The number of aryl methyl sites for hydroxylation is 1. The van der Waals surface area contributed by atoms with Gasteiger partial charge in [-0.2, -0.15) is 0 Å². The summed E-state index contributed by atoms with van der Waals surface area (Å²) in [5.41, 5.74) is 0.372. The summed E-state index contributed by atoms with van der Waals surface area (Å²) >= 11 is 3.41. The topological polar surface area (TPSA) is 96.7 Å². The predicted molar refractivity (Wildman–Crippen MR) is 107 cm³/mol. The number of rotatable bonds is 4. The van der Waals surface area contributed by atoms with E-state index in [-0.39, 0.29) is 5.56 Å². The van der Waals surface area contributed by atoms with Crippen LogP contribution in [-0.4, -0.2) is 28.0 Å². The lowest BCUT2D eigenvalue weighted by Gasteiger charge is -2.10. The highest BCUT2D eigenvalue weighted by Crippen LogP contribution is 2.23. The molecule has 0 fully saturated rings. The molecule has 8 heteroatoms. The first kappa shape index (κ1) is 18.7. The lowest BCUT2D eigenvalue weighted by atomic mass is 10.2. The third kappa shape index (κ3) is 3.85. The molecule has 0 saturated heterocycles. The number of aromatic hydroxyl groups is 1. The zero-order valence-electron chi connectivity index (χ0n) is 14.6. The summed E-state index contributed by atoms with van der Waals surface area (Å²) in [6.07, 6.45) is 1.23. The molecule has 0 atom stereocenters. The minimum atomic E-state index is -0.751. The molecule has 7 nitrogen and oxygen atoms in total. The van der Waals surface area contributed by atoms with Gasteiger partial charge in [0.1, 0.15) is 11.3 Å². The Balaban J connectivity index is 2.08. The first-order valence-electron chi connectivity index (χ1n) is 7.93. The highest BCUT2D eigenvalue weighted by molar-refractivity contribution is 9.10. The number of benzene rings is 2. The largest absolute Gasteiger partial charge is 0.497 e. The third-order valence-corrected chi connectivity index (χ3v) is 4.83. The number of hydrogen-bond donors (Lipinski definition) is 2. The van der Waals surface area contributed by atoms with Crippen molar-refractivity contribution in [3.8, 4) is 17.3 Å². The normalized spacial score (nSPS) is 11.1. The van der Waals surface area contributed by atoms with Gasteiger partial charge in [0.2, 0.25) is 5.88 Å². The van der Waals surface area contributed by atoms with E-state index in [1.54, 1.807) is 30.3 Å². The van der Waals surface area contributed by atoms with Crippen LogP contribution in [0.25, 0.3) is 5.69 Å². The van der Waals surface area contributed by atoms with Crippen LogP contribution < -0.4 is 16.0 Å². The Morgan fingerprint density at radius 3 is 2.52 bits per heavy atom. The molecule has 27 heavy (non-hydrogen) atoms. The predicted octanol–water partition coefficient (Wildman–Crippen LogP) is 3.06. The van der Waals surface area contributed by atoms with Crippen molar-refractivity contribution in [3.05, 3.63) is 78.9 Å². The molecule has 0 radical (unpaired) electrons. The summed E-state index contributed by atoms with van der Waals surface area (Å²) < 4.78 is 7.02. The van der Waals surface area contributed by atoms with Gasteiger partial charge in [0, 0.05) is 10.7 Å². The van der Waals surface area contributed by atoms with Gasteiger partial charge in [-0.05, 0) is 55.0 Å². The number of nitrogens with one attached hydrogen (secondary N) is 1. The molecule has 138 valence electrons. The van der Waals surface area contributed by atoms with Crippen LogP contribution in [0.2, 0.25) is 0 Å². The van der Waals surface area contributed by atoms with Crippen LogP contribution in [0.3, 0.4) is 0 Å². The Hall–Kier alpha value is -3.13. The fourth-order valence-electron chi connectivity index (χ4n) is 2.47. The van der Waals surface area contributed by atoms with E-state index >= 15 is 0 Å². The van der Waals surface area contributed by atoms with Gasteiger partial charge in [-0.15, -0.1) is 0 Å². The summed E-state index contributed by atoms with van der Waals surface area (Å²) in [6, 6.07) is 11.9. The summed E-state index contributed by atoms with van der Waals surface area (Å²) in [5.74, 6) is 0.106. The molecule has 2 aromatic carbocycles. The number of methoxy groups -OCH3 is 1. The number of nitrogens with zero attached hydrogens (tertiary/aromatic N) is 2. The maximum Gasteiger partial charge on any atom is 0.335 e. The summed E-state index contributed by atoms with van der Waals surface area (Å²) in [7, 11) is 1.52. The maximum atomic E-state index is 12.2.